The smallest absolute Gasteiger partial charge is 0.166 e. The van der Waals surface area contributed by atoms with Crippen molar-refractivity contribution in [2.45, 2.75) is 45.1 Å². The maximum Gasteiger partial charge on any atom is 0.166 e. The second-order valence-electron chi connectivity index (χ2n) is 5.27. The van der Waals surface area contributed by atoms with Crippen molar-refractivity contribution in [3.05, 3.63) is 30.3 Å². The summed E-state index contributed by atoms with van der Waals surface area (Å²) in [5, 5.41) is 0. The Kier molecular flexibility index (Phi) is 6.63. The Morgan fingerprint density at radius 2 is 2.10 bits per heavy atom. The van der Waals surface area contributed by atoms with Crippen molar-refractivity contribution in [3.63, 3.8) is 0 Å². The Morgan fingerprint density at radius 1 is 1.35 bits per heavy atom. The third-order valence-electron chi connectivity index (χ3n) is 4.29. The van der Waals surface area contributed by atoms with E-state index in [0.29, 0.717) is 11.5 Å². The van der Waals surface area contributed by atoms with Crippen LogP contribution in [0.4, 0.5) is 0 Å². The van der Waals surface area contributed by atoms with Crippen LogP contribution in [0, 0.1) is 5.41 Å². The summed E-state index contributed by atoms with van der Waals surface area (Å²) in [5.41, 5.74) is 0.391. The lowest BCUT2D eigenvalue weighted by Crippen LogP contribution is -2.41. The molecule has 1 aromatic carbocycles. The molecule has 0 bridgehead atoms. The highest BCUT2D eigenvalue weighted by Gasteiger charge is 2.42. The number of rotatable bonds is 9. The van der Waals surface area contributed by atoms with E-state index >= 15 is 0 Å². The molecule has 1 saturated carbocycles. The molecule has 1 aliphatic rings. The Hall–Kier alpha value is -0.280. The highest BCUT2D eigenvalue weighted by molar-refractivity contribution is 7.94. The summed E-state index contributed by atoms with van der Waals surface area (Å²) in [5.74, 6) is 1.59. The first kappa shape index (κ1) is 16.1. The fourth-order valence-electron chi connectivity index (χ4n) is 2.78. The van der Waals surface area contributed by atoms with Crippen LogP contribution in [-0.4, -0.2) is 11.9 Å². The van der Waals surface area contributed by atoms with Gasteiger partial charge in [-0.25, -0.2) is 0 Å². The van der Waals surface area contributed by atoms with E-state index in [9.17, 15) is 0 Å². The lowest BCUT2D eigenvalue weighted by Gasteiger charge is -2.46. The molecular weight excluding hydrogens is 291 g/mol. The average molecular weight is 318 g/mol. The minimum atomic E-state index is 0. The van der Waals surface area contributed by atoms with E-state index < -0.39 is 0 Å². The van der Waals surface area contributed by atoms with Gasteiger partial charge < -0.3 is 9.41 Å². The van der Waals surface area contributed by atoms with E-state index in [2.05, 4.69) is 16.4 Å². The van der Waals surface area contributed by atoms with Crippen molar-refractivity contribution in [2.75, 3.05) is 5.75 Å². The van der Waals surface area contributed by atoms with Gasteiger partial charge in [0.15, 0.2) is 5.75 Å². The zero-order valence-corrected chi connectivity index (χ0v) is 13.9. The Morgan fingerprint density at radius 3 is 2.65 bits per heavy atom. The van der Waals surface area contributed by atoms with Gasteiger partial charge in [0.2, 0.25) is 0 Å². The maximum atomic E-state index is 5.62. The first-order valence-electron chi connectivity index (χ1n) is 7.17. The minimum absolute atomic E-state index is 0. The molecule has 0 amide bonds. The minimum Gasteiger partial charge on any atom is -0.362 e. The SMILES string of the molecule is CCC1(C(CCSOOc2ccccc2)OP)CCC1.[3HH]. The fourth-order valence-corrected chi connectivity index (χ4v) is 3.71. The van der Waals surface area contributed by atoms with Gasteiger partial charge in [-0.1, -0.05) is 31.5 Å². The fraction of sp³-hybridized carbons (Fsp3) is 0.600. The molecule has 3 nitrogen and oxygen atoms in total. The predicted octanol–water partition coefficient (Wildman–Crippen LogP) is 5.04. The summed E-state index contributed by atoms with van der Waals surface area (Å²) >= 11 is 1.34. The van der Waals surface area contributed by atoms with Gasteiger partial charge in [0.05, 0.1) is 6.10 Å². The lowest BCUT2D eigenvalue weighted by molar-refractivity contribution is -0.0782. The van der Waals surface area contributed by atoms with E-state index in [1.165, 1.54) is 37.7 Å². The normalized spacial score (nSPS) is 18.3. The van der Waals surface area contributed by atoms with Crippen LogP contribution in [0.3, 0.4) is 0 Å². The zero-order valence-electron chi connectivity index (χ0n) is 11.9. The third kappa shape index (κ3) is 4.11. The Bertz CT molecular complexity index is 384. The summed E-state index contributed by atoms with van der Waals surface area (Å²) < 4.78 is 10.8. The molecular formula is C15H25O3PS. The number of benzene rings is 1. The van der Waals surface area contributed by atoms with E-state index in [0.717, 1.165) is 17.9 Å². The summed E-state index contributed by atoms with van der Waals surface area (Å²) in [6, 6.07) is 9.53. The Labute approximate surface area is 129 Å². The topological polar surface area (TPSA) is 27.7 Å². The van der Waals surface area contributed by atoms with E-state index in [4.69, 9.17) is 13.7 Å². The van der Waals surface area contributed by atoms with Crippen molar-refractivity contribution >= 4 is 21.5 Å². The molecule has 1 fully saturated rings. The van der Waals surface area contributed by atoms with Gasteiger partial charge in [-0.05, 0) is 43.2 Å². The molecule has 0 saturated heterocycles. The first-order chi connectivity index (χ1) is 9.80. The highest BCUT2D eigenvalue weighted by atomic mass is 32.2. The number of hydrogen-bond donors (Lipinski definition) is 0. The summed E-state index contributed by atoms with van der Waals surface area (Å²) in [4.78, 5) is 5.19. The summed E-state index contributed by atoms with van der Waals surface area (Å²) in [6.45, 7) is 2.26. The maximum absolute atomic E-state index is 5.62. The zero-order chi connectivity index (χ0) is 14.3. The van der Waals surface area contributed by atoms with Gasteiger partial charge in [0.25, 0.3) is 0 Å². The van der Waals surface area contributed by atoms with Crippen LogP contribution in [0.25, 0.3) is 0 Å². The van der Waals surface area contributed by atoms with E-state index in [-0.39, 0.29) is 1.43 Å². The van der Waals surface area contributed by atoms with Gasteiger partial charge in [-0.2, -0.15) is 0 Å². The van der Waals surface area contributed by atoms with Crippen LogP contribution in [0.5, 0.6) is 5.75 Å². The molecule has 0 heterocycles. The quantitative estimate of drug-likeness (QED) is 0.210. The second-order valence-corrected chi connectivity index (χ2v) is 6.32. The van der Waals surface area contributed by atoms with Crippen LogP contribution in [0.15, 0.2) is 30.3 Å². The standard InChI is InChI=1S/C15H23O3PS.H2/c1-2-15(10-6-11-15)14(17-19)9-12-20-18-16-13-7-4-3-5-8-13;/h3-5,7-8,14H,2,6,9-12,19H2,1H3;1H/i;1+2. The lowest BCUT2D eigenvalue weighted by atomic mass is 9.63. The summed E-state index contributed by atoms with van der Waals surface area (Å²) in [6.07, 6.45) is 6.39. The third-order valence-corrected chi connectivity index (χ3v) is 5.18. The van der Waals surface area contributed by atoms with Crippen molar-refractivity contribution in [2.24, 2.45) is 5.41 Å². The van der Waals surface area contributed by atoms with Crippen molar-refractivity contribution < 1.29 is 15.2 Å². The first-order valence-corrected chi connectivity index (χ1v) is 8.55. The van der Waals surface area contributed by atoms with Crippen molar-refractivity contribution in [1.82, 2.24) is 0 Å². The molecule has 2 unspecified atom stereocenters. The summed E-state index contributed by atoms with van der Waals surface area (Å²) in [7, 11) is 2.43. The molecule has 1 aromatic rings. The molecule has 0 aliphatic heterocycles. The van der Waals surface area contributed by atoms with Crippen LogP contribution >= 0.6 is 21.5 Å². The van der Waals surface area contributed by atoms with Crippen molar-refractivity contribution in [1.29, 1.82) is 0 Å². The van der Waals surface area contributed by atoms with Gasteiger partial charge in [-0.3, -0.25) is 0 Å². The molecule has 5 heteroatoms. The monoisotopic (exact) mass is 318 g/mol. The molecule has 2 rings (SSSR count). The molecule has 1 aliphatic carbocycles. The predicted molar refractivity (Wildman–Crippen MR) is 88.5 cm³/mol. The highest BCUT2D eigenvalue weighted by Crippen LogP contribution is 2.49. The van der Waals surface area contributed by atoms with E-state index in [1.807, 2.05) is 30.3 Å². The number of para-hydroxylation sites is 1. The van der Waals surface area contributed by atoms with Crippen LogP contribution < -0.4 is 4.89 Å². The van der Waals surface area contributed by atoms with E-state index in [1.54, 1.807) is 0 Å². The van der Waals surface area contributed by atoms with Crippen LogP contribution in [-0.2, 0) is 8.86 Å². The van der Waals surface area contributed by atoms with Crippen LogP contribution in [0.1, 0.15) is 40.5 Å². The van der Waals surface area contributed by atoms with Crippen molar-refractivity contribution in [3.8, 4) is 5.75 Å². The Balaban J connectivity index is 0.00000220. The van der Waals surface area contributed by atoms with Gasteiger partial charge in [0.1, 0.15) is 0 Å². The average Bonchev–Trinajstić information content (AvgIpc) is 2.45. The van der Waals surface area contributed by atoms with Crippen LogP contribution in [0.2, 0.25) is 0 Å². The largest absolute Gasteiger partial charge is 0.362 e. The molecule has 20 heavy (non-hydrogen) atoms. The van der Waals surface area contributed by atoms with Gasteiger partial charge in [0, 0.05) is 28.7 Å². The van der Waals surface area contributed by atoms with Gasteiger partial charge in [-0.15, -0.1) is 4.33 Å². The molecule has 0 spiro atoms. The van der Waals surface area contributed by atoms with Gasteiger partial charge >= 0.3 is 0 Å². The second kappa shape index (κ2) is 8.23. The molecule has 0 N–H and O–H groups in total. The molecule has 2 atom stereocenters. The number of hydrogen-bond acceptors (Lipinski definition) is 4. The molecule has 114 valence electrons. The molecule has 0 aromatic heterocycles. The molecule has 0 radical (unpaired) electrons.